The summed E-state index contributed by atoms with van der Waals surface area (Å²) in [6, 6.07) is 11.5. The molecule has 2 heterocycles. The lowest BCUT2D eigenvalue weighted by Gasteiger charge is -2.10. The van der Waals surface area contributed by atoms with E-state index in [1.165, 1.54) is 11.8 Å². The number of thioether (sulfide) groups is 1. The van der Waals surface area contributed by atoms with Gasteiger partial charge < -0.3 is 4.52 Å². The van der Waals surface area contributed by atoms with Crippen LogP contribution in [0, 0.1) is 6.92 Å². The van der Waals surface area contributed by atoms with E-state index in [9.17, 15) is 4.79 Å². The summed E-state index contributed by atoms with van der Waals surface area (Å²) in [7, 11) is 0. The number of nitrogens with zero attached hydrogens (tertiary/aromatic N) is 5. The van der Waals surface area contributed by atoms with Crippen LogP contribution in [-0.4, -0.2) is 36.5 Å². The Morgan fingerprint density at radius 2 is 2.17 bits per heavy atom. The maximum absolute atomic E-state index is 12.2. The Morgan fingerprint density at radius 1 is 1.38 bits per heavy atom. The van der Waals surface area contributed by atoms with Gasteiger partial charge in [-0.25, -0.2) is 4.68 Å². The molecule has 1 unspecified atom stereocenters. The Hall–Kier alpha value is -2.68. The molecule has 1 atom stereocenters. The van der Waals surface area contributed by atoms with E-state index in [0.717, 1.165) is 5.56 Å². The summed E-state index contributed by atoms with van der Waals surface area (Å²) in [5, 5.41) is 18.3. The molecule has 0 saturated carbocycles. The predicted octanol–water partition coefficient (Wildman–Crippen LogP) is 2.14. The number of carbonyl (C=O) groups excluding carboxylic acids is 1. The van der Waals surface area contributed by atoms with E-state index in [2.05, 4.69) is 26.0 Å². The van der Waals surface area contributed by atoms with Crippen LogP contribution >= 0.6 is 11.8 Å². The zero-order valence-electron chi connectivity index (χ0n) is 13.2. The fraction of sp³-hybridized carbons (Fsp3) is 0.267. The Labute approximate surface area is 142 Å². The van der Waals surface area contributed by atoms with Gasteiger partial charge in [0, 0.05) is 6.07 Å². The standard InChI is InChI=1S/C15H16N6O2S/c1-10-8-13(23-18-10)16-14(22)11(2)24-15-17-19-20-21(15)9-12-6-4-3-5-7-12/h3-8,11H,9H2,1-2H3,(H,16,22). The number of aryl methyl sites for hydroxylation is 1. The van der Waals surface area contributed by atoms with Gasteiger partial charge in [-0.15, -0.1) is 5.10 Å². The monoisotopic (exact) mass is 344 g/mol. The van der Waals surface area contributed by atoms with Gasteiger partial charge >= 0.3 is 0 Å². The van der Waals surface area contributed by atoms with Gasteiger partial charge in [-0.3, -0.25) is 10.1 Å². The third-order valence-electron chi connectivity index (χ3n) is 3.20. The number of aromatic nitrogens is 5. The van der Waals surface area contributed by atoms with Crippen LogP contribution in [0.25, 0.3) is 0 Å². The fourth-order valence-electron chi connectivity index (χ4n) is 1.99. The molecular formula is C15H16N6O2S. The molecule has 24 heavy (non-hydrogen) atoms. The molecule has 124 valence electrons. The number of hydrogen-bond acceptors (Lipinski definition) is 7. The highest BCUT2D eigenvalue weighted by molar-refractivity contribution is 8.00. The molecule has 1 N–H and O–H groups in total. The number of amides is 1. The third kappa shape index (κ3) is 3.99. The van der Waals surface area contributed by atoms with Crippen LogP contribution in [0.5, 0.6) is 0 Å². The van der Waals surface area contributed by atoms with Crippen LogP contribution in [0.4, 0.5) is 5.88 Å². The van der Waals surface area contributed by atoms with E-state index in [1.807, 2.05) is 30.3 Å². The zero-order valence-corrected chi connectivity index (χ0v) is 14.0. The normalized spacial score (nSPS) is 12.1. The molecular weight excluding hydrogens is 328 g/mol. The quantitative estimate of drug-likeness (QED) is 0.684. The number of carbonyl (C=O) groups is 1. The molecule has 3 aromatic rings. The van der Waals surface area contributed by atoms with Crippen molar-refractivity contribution in [1.29, 1.82) is 0 Å². The summed E-state index contributed by atoms with van der Waals surface area (Å²) < 4.78 is 6.66. The molecule has 0 radical (unpaired) electrons. The van der Waals surface area contributed by atoms with E-state index in [4.69, 9.17) is 4.52 Å². The zero-order chi connectivity index (χ0) is 16.9. The number of anilines is 1. The van der Waals surface area contributed by atoms with Gasteiger partial charge in [0.15, 0.2) is 0 Å². The highest BCUT2D eigenvalue weighted by Crippen LogP contribution is 2.22. The molecule has 1 aromatic carbocycles. The van der Waals surface area contributed by atoms with Gasteiger partial charge in [-0.05, 0) is 29.8 Å². The Bertz CT molecular complexity index is 816. The second kappa shape index (κ2) is 7.26. The molecule has 0 fully saturated rings. The maximum Gasteiger partial charge on any atom is 0.240 e. The van der Waals surface area contributed by atoms with E-state index < -0.39 is 5.25 Å². The lowest BCUT2D eigenvalue weighted by Crippen LogP contribution is -2.22. The van der Waals surface area contributed by atoms with Gasteiger partial charge in [0.1, 0.15) is 0 Å². The van der Waals surface area contributed by atoms with Crippen molar-refractivity contribution in [3.8, 4) is 0 Å². The molecule has 0 bridgehead atoms. The first kappa shape index (κ1) is 16.2. The summed E-state index contributed by atoms with van der Waals surface area (Å²) in [4.78, 5) is 12.2. The average Bonchev–Trinajstić information content (AvgIpc) is 3.17. The second-order valence-electron chi connectivity index (χ2n) is 5.19. The lowest BCUT2D eigenvalue weighted by molar-refractivity contribution is -0.115. The number of nitrogens with one attached hydrogen (secondary N) is 1. The minimum absolute atomic E-state index is 0.203. The van der Waals surface area contributed by atoms with E-state index in [1.54, 1.807) is 24.6 Å². The first-order chi connectivity index (χ1) is 11.6. The van der Waals surface area contributed by atoms with Crippen molar-refractivity contribution in [2.75, 3.05) is 5.32 Å². The fourth-order valence-corrected chi connectivity index (χ4v) is 2.78. The molecule has 2 aromatic heterocycles. The molecule has 0 aliphatic heterocycles. The summed E-state index contributed by atoms with van der Waals surface area (Å²) in [5.41, 5.74) is 1.79. The number of rotatable bonds is 6. The maximum atomic E-state index is 12.2. The van der Waals surface area contributed by atoms with Crippen LogP contribution in [0.3, 0.4) is 0 Å². The molecule has 8 nitrogen and oxygen atoms in total. The minimum atomic E-state index is -0.393. The molecule has 9 heteroatoms. The van der Waals surface area contributed by atoms with Crippen LogP contribution in [0.1, 0.15) is 18.2 Å². The van der Waals surface area contributed by atoms with Gasteiger partial charge in [-0.1, -0.05) is 47.3 Å². The van der Waals surface area contributed by atoms with Crippen molar-refractivity contribution >= 4 is 23.6 Å². The topological polar surface area (TPSA) is 98.7 Å². The van der Waals surface area contributed by atoms with Crippen LogP contribution in [-0.2, 0) is 11.3 Å². The summed E-state index contributed by atoms with van der Waals surface area (Å²) in [5.74, 6) is 0.124. The van der Waals surface area contributed by atoms with Gasteiger partial charge in [0.25, 0.3) is 0 Å². The van der Waals surface area contributed by atoms with Crippen molar-refractivity contribution in [1.82, 2.24) is 25.4 Å². The summed E-state index contributed by atoms with van der Waals surface area (Å²) >= 11 is 1.28. The number of tetrazole rings is 1. The van der Waals surface area contributed by atoms with E-state index in [-0.39, 0.29) is 5.91 Å². The largest absolute Gasteiger partial charge is 0.338 e. The van der Waals surface area contributed by atoms with Gasteiger partial charge in [-0.2, -0.15) is 0 Å². The Morgan fingerprint density at radius 3 is 2.88 bits per heavy atom. The SMILES string of the molecule is Cc1cc(NC(=O)C(C)Sc2nnnn2Cc2ccccc2)on1. The van der Waals surface area contributed by atoms with Gasteiger partial charge in [0.2, 0.25) is 16.9 Å². The van der Waals surface area contributed by atoms with E-state index in [0.29, 0.717) is 23.3 Å². The van der Waals surface area contributed by atoms with Crippen molar-refractivity contribution in [2.45, 2.75) is 30.8 Å². The molecule has 0 spiro atoms. The van der Waals surface area contributed by atoms with Gasteiger partial charge in [0.05, 0.1) is 17.5 Å². The average molecular weight is 344 g/mol. The summed E-state index contributed by atoms with van der Waals surface area (Å²) in [6.07, 6.45) is 0. The number of benzene rings is 1. The first-order valence-corrected chi connectivity index (χ1v) is 8.20. The predicted molar refractivity (Wildman–Crippen MR) is 88.5 cm³/mol. The number of hydrogen-bond donors (Lipinski definition) is 1. The first-order valence-electron chi connectivity index (χ1n) is 7.33. The molecule has 0 aliphatic rings. The molecule has 3 rings (SSSR count). The lowest BCUT2D eigenvalue weighted by atomic mass is 10.2. The molecule has 0 saturated heterocycles. The van der Waals surface area contributed by atoms with Crippen LogP contribution in [0.2, 0.25) is 0 Å². The highest BCUT2D eigenvalue weighted by Gasteiger charge is 2.20. The van der Waals surface area contributed by atoms with Crippen molar-refractivity contribution in [3.63, 3.8) is 0 Å². The Balaban J connectivity index is 1.63. The van der Waals surface area contributed by atoms with Crippen LogP contribution in [0.15, 0.2) is 46.1 Å². The minimum Gasteiger partial charge on any atom is -0.338 e. The van der Waals surface area contributed by atoms with Crippen LogP contribution < -0.4 is 5.32 Å². The molecule has 0 aliphatic carbocycles. The molecule has 1 amide bonds. The summed E-state index contributed by atoms with van der Waals surface area (Å²) in [6.45, 7) is 4.12. The van der Waals surface area contributed by atoms with E-state index >= 15 is 0 Å². The second-order valence-corrected chi connectivity index (χ2v) is 6.49. The van der Waals surface area contributed by atoms with Crippen molar-refractivity contribution in [2.24, 2.45) is 0 Å². The smallest absolute Gasteiger partial charge is 0.240 e. The Kier molecular flexibility index (Phi) is 4.90. The third-order valence-corrected chi connectivity index (χ3v) is 4.27. The van der Waals surface area contributed by atoms with Crippen molar-refractivity contribution < 1.29 is 9.32 Å². The highest BCUT2D eigenvalue weighted by atomic mass is 32.2. The van der Waals surface area contributed by atoms with Crippen molar-refractivity contribution in [3.05, 3.63) is 47.7 Å².